The van der Waals surface area contributed by atoms with Crippen LogP contribution in [-0.4, -0.2) is 41.9 Å². The molecule has 1 unspecified atom stereocenters. The maximum atomic E-state index is 10.6. The third kappa shape index (κ3) is 7.87. The van der Waals surface area contributed by atoms with E-state index in [-0.39, 0.29) is 12.4 Å². The molecule has 0 spiro atoms. The highest BCUT2D eigenvalue weighted by atomic mass is 32.2. The molecule has 0 radical (unpaired) electrons. The van der Waals surface area contributed by atoms with Crippen LogP contribution in [0.1, 0.15) is 11.7 Å². The van der Waals surface area contributed by atoms with E-state index in [9.17, 15) is 15.2 Å². The highest BCUT2D eigenvalue weighted by molar-refractivity contribution is 7.99. The number of hydrogen-bond acceptors (Lipinski definition) is 7. The molecule has 1 atom stereocenters. The molecule has 1 aromatic carbocycles. The lowest BCUT2D eigenvalue weighted by Gasteiger charge is -2.15. The number of rotatable bonds is 11. The van der Waals surface area contributed by atoms with Crippen LogP contribution < -0.4 is 10.6 Å². The maximum Gasteiger partial charge on any atom is 0.274 e. The van der Waals surface area contributed by atoms with Crippen molar-refractivity contribution in [1.29, 1.82) is 0 Å². The molecule has 8 heteroatoms. The zero-order valence-corrected chi connectivity index (χ0v) is 13.2. The normalized spacial score (nSPS) is 12.7. The molecule has 0 aliphatic carbocycles. The second kappa shape index (κ2) is 10.9. The smallest absolute Gasteiger partial charge is 0.274 e. The van der Waals surface area contributed by atoms with Gasteiger partial charge in [0.1, 0.15) is 0 Å². The van der Waals surface area contributed by atoms with Crippen LogP contribution >= 0.6 is 11.8 Å². The Kier molecular flexibility index (Phi) is 9.04. The SMILES string of the molecule is COCSCCNC(=C[N+](=O)[O-])NCC(O)c1ccccc1. The summed E-state index contributed by atoms with van der Waals surface area (Å²) in [6.45, 7) is 0.740. The van der Waals surface area contributed by atoms with E-state index >= 15 is 0 Å². The minimum atomic E-state index is -0.735. The van der Waals surface area contributed by atoms with Gasteiger partial charge in [-0.15, -0.1) is 11.8 Å². The highest BCUT2D eigenvalue weighted by Crippen LogP contribution is 2.10. The van der Waals surface area contributed by atoms with Crippen LogP contribution in [0.25, 0.3) is 0 Å². The molecule has 0 aliphatic rings. The van der Waals surface area contributed by atoms with Gasteiger partial charge in [0.15, 0.2) is 5.82 Å². The van der Waals surface area contributed by atoms with E-state index in [0.29, 0.717) is 12.5 Å². The van der Waals surface area contributed by atoms with Crippen molar-refractivity contribution in [2.75, 3.05) is 31.9 Å². The van der Waals surface area contributed by atoms with Crippen molar-refractivity contribution < 1.29 is 14.8 Å². The van der Waals surface area contributed by atoms with Gasteiger partial charge in [0.25, 0.3) is 6.20 Å². The van der Waals surface area contributed by atoms with Crippen LogP contribution in [-0.2, 0) is 4.74 Å². The van der Waals surface area contributed by atoms with Crippen molar-refractivity contribution >= 4 is 11.8 Å². The van der Waals surface area contributed by atoms with Crippen LogP contribution in [0.5, 0.6) is 0 Å². The van der Waals surface area contributed by atoms with Gasteiger partial charge in [0.2, 0.25) is 0 Å². The molecule has 0 aliphatic heterocycles. The van der Waals surface area contributed by atoms with Crippen molar-refractivity contribution in [2.45, 2.75) is 6.10 Å². The number of thioether (sulfide) groups is 1. The molecule has 0 amide bonds. The number of nitro groups is 1. The standard InChI is InChI=1S/C14H21N3O4S/c1-21-11-22-8-7-15-14(10-17(19)20)16-9-13(18)12-5-3-2-4-6-12/h2-6,10,13,15-16,18H,7-9,11H2,1H3. The number of ether oxygens (including phenoxy) is 1. The second-order valence-electron chi connectivity index (χ2n) is 4.38. The van der Waals surface area contributed by atoms with Gasteiger partial charge in [-0.3, -0.25) is 10.1 Å². The van der Waals surface area contributed by atoms with Gasteiger partial charge in [0.05, 0.1) is 17.0 Å². The number of nitrogens with zero attached hydrogens (tertiary/aromatic N) is 1. The summed E-state index contributed by atoms with van der Waals surface area (Å²) in [7, 11) is 1.62. The predicted molar refractivity (Wildman–Crippen MR) is 86.8 cm³/mol. The Balaban J connectivity index is 2.43. The van der Waals surface area contributed by atoms with E-state index < -0.39 is 11.0 Å². The lowest BCUT2D eigenvalue weighted by atomic mass is 10.1. The van der Waals surface area contributed by atoms with E-state index in [0.717, 1.165) is 17.5 Å². The zero-order valence-electron chi connectivity index (χ0n) is 12.4. The van der Waals surface area contributed by atoms with E-state index in [1.54, 1.807) is 31.0 Å². The molecule has 0 heterocycles. The third-order valence-electron chi connectivity index (χ3n) is 2.67. The summed E-state index contributed by atoms with van der Waals surface area (Å²) in [5.41, 5.74) is 0.756. The maximum absolute atomic E-state index is 10.6. The molecule has 0 saturated carbocycles. The average Bonchev–Trinajstić information content (AvgIpc) is 2.52. The van der Waals surface area contributed by atoms with Gasteiger partial charge in [-0.2, -0.15) is 0 Å². The van der Waals surface area contributed by atoms with Crippen molar-refractivity contribution in [3.63, 3.8) is 0 Å². The van der Waals surface area contributed by atoms with Gasteiger partial charge in [0, 0.05) is 26.0 Å². The van der Waals surface area contributed by atoms with E-state index in [1.165, 1.54) is 0 Å². The highest BCUT2D eigenvalue weighted by Gasteiger charge is 2.09. The first-order valence-electron chi connectivity index (χ1n) is 6.76. The Morgan fingerprint density at radius 2 is 2.18 bits per heavy atom. The first kappa shape index (κ1) is 18.3. The van der Waals surface area contributed by atoms with E-state index in [4.69, 9.17) is 4.74 Å². The van der Waals surface area contributed by atoms with Crippen LogP contribution in [0.2, 0.25) is 0 Å². The van der Waals surface area contributed by atoms with E-state index in [2.05, 4.69) is 10.6 Å². The molecule has 22 heavy (non-hydrogen) atoms. The Hall–Kier alpha value is -1.77. The number of aliphatic hydroxyl groups is 1. The van der Waals surface area contributed by atoms with Crippen molar-refractivity contribution in [1.82, 2.24) is 10.6 Å². The van der Waals surface area contributed by atoms with Gasteiger partial charge in [-0.1, -0.05) is 30.3 Å². The molecule has 7 nitrogen and oxygen atoms in total. The summed E-state index contributed by atoms with van der Waals surface area (Å²) >= 11 is 1.58. The van der Waals surface area contributed by atoms with Crippen molar-refractivity contribution in [2.24, 2.45) is 0 Å². The van der Waals surface area contributed by atoms with Crippen molar-refractivity contribution in [3.05, 3.63) is 58.0 Å². The fraction of sp³-hybridized carbons (Fsp3) is 0.429. The van der Waals surface area contributed by atoms with Gasteiger partial charge >= 0.3 is 0 Å². The van der Waals surface area contributed by atoms with Crippen LogP contribution in [0.4, 0.5) is 0 Å². The first-order valence-corrected chi connectivity index (χ1v) is 7.91. The molecule has 0 aromatic heterocycles. The second-order valence-corrected chi connectivity index (χ2v) is 5.43. The molecular weight excluding hydrogens is 306 g/mol. The minimum absolute atomic E-state index is 0.182. The summed E-state index contributed by atoms with van der Waals surface area (Å²) in [5.74, 6) is 1.61. The minimum Gasteiger partial charge on any atom is -0.387 e. The largest absolute Gasteiger partial charge is 0.387 e. The van der Waals surface area contributed by atoms with Gasteiger partial charge in [-0.25, -0.2) is 0 Å². The lowest BCUT2D eigenvalue weighted by Crippen LogP contribution is -2.31. The third-order valence-corrected chi connectivity index (χ3v) is 3.56. The Labute approximate surface area is 133 Å². The molecule has 122 valence electrons. The summed E-state index contributed by atoms with van der Waals surface area (Å²) in [5, 5.41) is 26.5. The predicted octanol–water partition coefficient (Wildman–Crippen LogP) is 1.31. The monoisotopic (exact) mass is 327 g/mol. The van der Waals surface area contributed by atoms with E-state index in [1.807, 2.05) is 18.2 Å². The fourth-order valence-electron chi connectivity index (χ4n) is 1.66. The molecule has 3 N–H and O–H groups in total. The zero-order chi connectivity index (χ0) is 16.2. The fourth-order valence-corrected chi connectivity index (χ4v) is 2.19. The van der Waals surface area contributed by atoms with Gasteiger partial charge < -0.3 is 20.5 Å². The van der Waals surface area contributed by atoms with Crippen molar-refractivity contribution in [3.8, 4) is 0 Å². The Morgan fingerprint density at radius 1 is 1.45 bits per heavy atom. The summed E-state index contributed by atoms with van der Waals surface area (Å²) in [6, 6.07) is 9.13. The summed E-state index contributed by atoms with van der Waals surface area (Å²) < 4.78 is 4.91. The number of methoxy groups -OCH3 is 1. The number of aliphatic hydroxyl groups excluding tert-OH is 1. The first-order chi connectivity index (χ1) is 10.6. The molecule has 0 bridgehead atoms. The number of nitrogens with one attached hydrogen (secondary N) is 2. The molecule has 0 fully saturated rings. The quantitative estimate of drug-likeness (QED) is 0.244. The van der Waals surface area contributed by atoms with Crippen LogP contribution in [0, 0.1) is 10.1 Å². The lowest BCUT2D eigenvalue weighted by molar-refractivity contribution is -0.404. The van der Waals surface area contributed by atoms with Crippen LogP contribution in [0.15, 0.2) is 42.4 Å². The molecule has 0 saturated heterocycles. The Bertz CT molecular complexity index is 470. The number of benzene rings is 1. The topological polar surface area (TPSA) is 96.7 Å². The molecular formula is C14H21N3O4S. The number of hydrogen-bond donors (Lipinski definition) is 3. The summed E-state index contributed by atoms with van der Waals surface area (Å²) in [4.78, 5) is 10.1. The van der Waals surface area contributed by atoms with Crippen LogP contribution in [0.3, 0.4) is 0 Å². The Morgan fingerprint density at radius 3 is 2.82 bits per heavy atom. The molecule has 1 aromatic rings. The summed E-state index contributed by atoms with van der Waals surface area (Å²) in [6.07, 6.45) is 0.125. The van der Waals surface area contributed by atoms with Gasteiger partial charge in [-0.05, 0) is 5.56 Å². The average molecular weight is 327 g/mol. The molecule has 1 rings (SSSR count).